The summed E-state index contributed by atoms with van der Waals surface area (Å²) in [5.74, 6) is 0.164. The fourth-order valence-corrected chi connectivity index (χ4v) is 2.15. The fraction of sp³-hybridized carbons (Fsp3) is 0.312. The molecular formula is C16H19FN2O2. The maximum absolute atomic E-state index is 13.6. The highest BCUT2D eigenvalue weighted by molar-refractivity contribution is 5.99. The van der Waals surface area contributed by atoms with E-state index in [0.717, 1.165) is 18.6 Å². The van der Waals surface area contributed by atoms with Gasteiger partial charge in [0, 0.05) is 19.5 Å². The van der Waals surface area contributed by atoms with E-state index in [1.807, 2.05) is 19.1 Å². The molecule has 1 aromatic heterocycles. The summed E-state index contributed by atoms with van der Waals surface area (Å²) in [6.07, 6.45) is 3.13. The van der Waals surface area contributed by atoms with Crippen molar-refractivity contribution in [1.29, 1.82) is 0 Å². The lowest BCUT2D eigenvalue weighted by atomic mass is 10.1. The van der Waals surface area contributed by atoms with Gasteiger partial charge in [-0.1, -0.05) is 6.07 Å². The number of rotatable bonds is 6. The molecule has 5 heteroatoms. The van der Waals surface area contributed by atoms with Gasteiger partial charge < -0.3 is 15.1 Å². The van der Waals surface area contributed by atoms with E-state index < -0.39 is 5.82 Å². The number of benzene rings is 1. The van der Waals surface area contributed by atoms with Gasteiger partial charge in [0.25, 0.3) is 5.91 Å². The molecule has 1 amide bonds. The van der Waals surface area contributed by atoms with E-state index in [4.69, 9.17) is 4.42 Å². The van der Waals surface area contributed by atoms with Crippen LogP contribution < -0.4 is 10.6 Å². The number of hydrogen-bond acceptors (Lipinski definition) is 3. The maximum Gasteiger partial charge on any atom is 0.253 e. The lowest BCUT2D eigenvalue weighted by Gasteiger charge is -2.15. The van der Waals surface area contributed by atoms with Crippen LogP contribution in [0.4, 0.5) is 10.1 Å². The number of nitrogens with one attached hydrogen (secondary N) is 2. The van der Waals surface area contributed by atoms with E-state index in [0.29, 0.717) is 5.56 Å². The van der Waals surface area contributed by atoms with Crippen LogP contribution in [0.5, 0.6) is 0 Å². The topological polar surface area (TPSA) is 54.3 Å². The van der Waals surface area contributed by atoms with E-state index in [2.05, 4.69) is 10.6 Å². The highest BCUT2D eigenvalue weighted by Gasteiger charge is 2.16. The van der Waals surface area contributed by atoms with Gasteiger partial charge in [-0.2, -0.15) is 0 Å². The molecule has 0 spiro atoms. The SMILES string of the molecule is CNc1c(F)cccc1C(=O)NC(C)CCc1ccco1. The van der Waals surface area contributed by atoms with Crippen molar-refractivity contribution in [3.63, 3.8) is 0 Å². The van der Waals surface area contributed by atoms with Gasteiger partial charge in [0.05, 0.1) is 17.5 Å². The van der Waals surface area contributed by atoms with Crippen LogP contribution in [-0.4, -0.2) is 19.0 Å². The van der Waals surface area contributed by atoms with Gasteiger partial charge in [0.2, 0.25) is 0 Å². The lowest BCUT2D eigenvalue weighted by molar-refractivity contribution is 0.0938. The van der Waals surface area contributed by atoms with E-state index >= 15 is 0 Å². The Morgan fingerprint density at radius 3 is 2.81 bits per heavy atom. The standard InChI is InChI=1S/C16H19FN2O2/c1-11(8-9-12-5-4-10-21-12)19-16(20)13-6-3-7-14(17)15(13)18-2/h3-7,10-11,18H,8-9H2,1-2H3,(H,19,20). The summed E-state index contributed by atoms with van der Waals surface area (Å²) in [5, 5.41) is 5.59. The predicted molar refractivity (Wildman–Crippen MR) is 79.9 cm³/mol. The monoisotopic (exact) mass is 290 g/mol. The number of halogens is 1. The normalized spacial score (nSPS) is 12.0. The Balaban J connectivity index is 1.96. The third kappa shape index (κ3) is 3.84. The molecule has 2 rings (SSSR count). The summed E-state index contributed by atoms with van der Waals surface area (Å²) in [5.41, 5.74) is 0.524. The number of amides is 1. The molecule has 0 aliphatic heterocycles. The molecule has 0 aliphatic rings. The highest BCUT2D eigenvalue weighted by Crippen LogP contribution is 2.19. The molecule has 112 valence electrons. The molecule has 0 bridgehead atoms. The average molecular weight is 290 g/mol. The Hall–Kier alpha value is -2.30. The number of anilines is 1. The Kier molecular flexibility index (Phi) is 4.98. The van der Waals surface area contributed by atoms with Crippen LogP contribution in [0.2, 0.25) is 0 Å². The molecule has 1 atom stereocenters. The maximum atomic E-state index is 13.6. The van der Waals surface area contributed by atoms with Crippen LogP contribution in [0.25, 0.3) is 0 Å². The molecule has 1 heterocycles. The van der Waals surface area contributed by atoms with E-state index in [9.17, 15) is 9.18 Å². The number of hydrogen-bond donors (Lipinski definition) is 2. The highest BCUT2D eigenvalue weighted by atomic mass is 19.1. The lowest BCUT2D eigenvalue weighted by Crippen LogP contribution is -2.33. The van der Waals surface area contributed by atoms with Gasteiger partial charge in [-0.05, 0) is 37.6 Å². The van der Waals surface area contributed by atoms with Crippen molar-refractivity contribution in [2.75, 3.05) is 12.4 Å². The van der Waals surface area contributed by atoms with Crippen molar-refractivity contribution < 1.29 is 13.6 Å². The number of aryl methyl sites for hydroxylation is 1. The molecule has 21 heavy (non-hydrogen) atoms. The summed E-state index contributed by atoms with van der Waals surface area (Å²) in [6.45, 7) is 1.92. The molecule has 0 saturated carbocycles. The zero-order chi connectivity index (χ0) is 15.2. The molecular weight excluding hydrogens is 271 g/mol. The van der Waals surface area contributed by atoms with Crippen LogP contribution >= 0.6 is 0 Å². The van der Waals surface area contributed by atoms with Crippen LogP contribution in [0.3, 0.4) is 0 Å². The van der Waals surface area contributed by atoms with Crippen LogP contribution in [0.1, 0.15) is 29.5 Å². The Morgan fingerprint density at radius 2 is 2.14 bits per heavy atom. The summed E-state index contributed by atoms with van der Waals surface area (Å²) in [4.78, 5) is 12.2. The van der Waals surface area contributed by atoms with E-state index in [1.54, 1.807) is 19.4 Å². The first kappa shape index (κ1) is 15.1. The number of furan rings is 1. The van der Waals surface area contributed by atoms with Crippen molar-refractivity contribution in [2.45, 2.75) is 25.8 Å². The van der Waals surface area contributed by atoms with Gasteiger partial charge in [-0.25, -0.2) is 4.39 Å². The zero-order valence-electron chi connectivity index (χ0n) is 12.2. The van der Waals surface area contributed by atoms with Gasteiger partial charge in [-0.3, -0.25) is 4.79 Å². The van der Waals surface area contributed by atoms with Crippen molar-refractivity contribution in [1.82, 2.24) is 5.32 Å². The van der Waals surface area contributed by atoms with Crippen molar-refractivity contribution in [3.8, 4) is 0 Å². The molecule has 0 fully saturated rings. The minimum Gasteiger partial charge on any atom is -0.469 e. The van der Waals surface area contributed by atoms with Gasteiger partial charge >= 0.3 is 0 Å². The smallest absolute Gasteiger partial charge is 0.253 e. The summed E-state index contributed by atoms with van der Waals surface area (Å²) >= 11 is 0. The third-order valence-corrected chi connectivity index (χ3v) is 3.29. The number of carbonyl (C=O) groups excluding carboxylic acids is 1. The molecule has 2 N–H and O–H groups in total. The second-order valence-corrected chi connectivity index (χ2v) is 4.90. The van der Waals surface area contributed by atoms with Crippen molar-refractivity contribution >= 4 is 11.6 Å². The van der Waals surface area contributed by atoms with Gasteiger partial charge in [0.15, 0.2) is 0 Å². The van der Waals surface area contributed by atoms with Crippen molar-refractivity contribution in [3.05, 3.63) is 53.7 Å². The summed E-state index contributed by atoms with van der Waals surface area (Å²) < 4.78 is 18.9. The molecule has 4 nitrogen and oxygen atoms in total. The summed E-state index contributed by atoms with van der Waals surface area (Å²) in [6, 6.07) is 8.16. The third-order valence-electron chi connectivity index (χ3n) is 3.29. The minimum atomic E-state index is -0.437. The molecule has 1 aromatic carbocycles. The first-order valence-electron chi connectivity index (χ1n) is 6.91. The van der Waals surface area contributed by atoms with Crippen molar-refractivity contribution in [2.24, 2.45) is 0 Å². The minimum absolute atomic E-state index is 0.0319. The predicted octanol–water partition coefficient (Wildman–Crippen LogP) is 3.21. The fourth-order valence-electron chi connectivity index (χ4n) is 2.15. The second kappa shape index (κ2) is 6.92. The number of carbonyl (C=O) groups is 1. The van der Waals surface area contributed by atoms with Gasteiger partial charge in [0.1, 0.15) is 11.6 Å². The number of para-hydroxylation sites is 1. The Bertz CT molecular complexity index is 596. The van der Waals surface area contributed by atoms with Crippen LogP contribution in [0, 0.1) is 5.82 Å². The van der Waals surface area contributed by atoms with Gasteiger partial charge in [-0.15, -0.1) is 0 Å². The largest absolute Gasteiger partial charge is 0.469 e. The molecule has 0 saturated heterocycles. The van der Waals surface area contributed by atoms with E-state index in [1.165, 1.54) is 12.1 Å². The molecule has 0 radical (unpaired) electrons. The molecule has 0 aliphatic carbocycles. The molecule has 2 aromatic rings. The van der Waals surface area contributed by atoms with Crippen LogP contribution in [-0.2, 0) is 6.42 Å². The molecule has 1 unspecified atom stereocenters. The van der Waals surface area contributed by atoms with E-state index in [-0.39, 0.29) is 17.6 Å². The zero-order valence-corrected chi connectivity index (χ0v) is 12.2. The quantitative estimate of drug-likeness (QED) is 0.859. The van der Waals surface area contributed by atoms with Crippen LogP contribution in [0.15, 0.2) is 41.0 Å². The first-order chi connectivity index (χ1) is 10.1. The Morgan fingerprint density at radius 1 is 1.33 bits per heavy atom. The second-order valence-electron chi connectivity index (χ2n) is 4.90. The average Bonchev–Trinajstić information content (AvgIpc) is 2.98. The Labute approximate surface area is 123 Å². The first-order valence-corrected chi connectivity index (χ1v) is 6.91. The summed E-state index contributed by atoms with van der Waals surface area (Å²) in [7, 11) is 1.59.